The first-order valence-corrected chi connectivity index (χ1v) is 8.20. The number of ether oxygens (including phenoxy) is 1. The van der Waals surface area contributed by atoms with Gasteiger partial charge in [-0.2, -0.15) is 0 Å². The van der Waals surface area contributed by atoms with Crippen molar-refractivity contribution in [2.45, 2.75) is 25.2 Å². The fraction of sp³-hybridized carbons (Fsp3) is 0.294. The van der Waals surface area contributed by atoms with Gasteiger partial charge in [0.05, 0.1) is 21.3 Å². The summed E-state index contributed by atoms with van der Waals surface area (Å²) in [6.45, 7) is 0.219. The summed E-state index contributed by atoms with van der Waals surface area (Å²) in [4.78, 5) is 24.7. The van der Waals surface area contributed by atoms with Crippen LogP contribution in [0.25, 0.3) is 0 Å². The molecule has 0 saturated heterocycles. The molecule has 0 unspecified atom stereocenters. The van der Waals surface area contributed by atoms with Crippen LogP contribution < -0.4 is 5.32 Å². The largest absolute Gasteiger partial charge is 0.456 e. The third kappa shape index (κ3) is 2.28. The number of Topliss-reactive ketones (excluding diaryl/α,β-unsaturated/α-hetero) is 1. The Morgan fingerprint density at radius 3 is 2.65 bits per heavy atom. The van der Waals surface area contributed by atoms with Crippen LogP contribution in [-0.4, -0.2) is 18.4 Å². The topological polar surface area (TPSA) is 55.4 Å². The van der Waals surface area contributed by atoms with Crippen LogP contribution in [0.5, 0.6) is 0 Å². The normalized spacial score (nSPS) is 23.5. The average molecular weight is 350 g/mol. The van der Waals surface area contributed by atoms with Gasteiger partial charge in [-0.05, 0) is 30.5 Å². The number of hydrogen-bond donors (Lipinski definition) is 1. The molecule has 0 fully saturated rings. The van der Waals surface area contributed by atoms with Crippen LogP contribution in [-0.2, 0) is 14.3 Å². The number of ketones is 1. The number of benzene rings is 1. The molecule has 1 N–H and O–H groups in total. The van der Waals surface area contributed by atoms with Gasteiger partial charge in [0.2, 0.25) is 0 Å². The lowest BCUT2D eigenvalue weighted by Gasteiger charge is -2.32. The molecule has 0 bridgehead atoms. The second-order valence-corrected chi connectivity index (χ2v) is 6.68. The van der Waals surface area contributed by atoms with E-state index in [4.69, 9.17) is 27.9 Å². The van der Waals surface area contributed by atoms with E-state index in [1.54, 1.807) is 12.1 Å². The van der Waals surface area contributed by atoms with Crippen molar-refractivity contribution >= 4 is 35.0 Å². The van der Waals surface area contributed by atoms with E-state index in [2.05, 4.69) is 5.32 Å². The summed E-state index contributed by atoms with van der Waals surface area (Å²) in [5.74, 6) is -0.742. The Bertz CT molecular complexity index is 810. The summed E-state index contributed by atoms with van der Waals surface area (Å²) >= 11 is 12.1. The zero-order valence-corrected chi connectivity index (χ0v) is 13.6. The molecule has 0 radical (unpaired) electrons. The van der Waals surface area contributed by atoms with E-state index < -0.39 is 5.92 Å². The van der Waals surface area contributed by atoms with Crippen molar-refractivity contribution in [1.82, 2.24) is 5.32 Å². The zero-order chi connectivity index (χ0) is 16.1. The molecule has 0 amide bonds. The van der Waals surface area contributed by atoms with Crippen LogP contribution in [0.2, 0.25) is 10.0 Å². The van der Waals surface area contributed by atoms with Crippen molar-refractivity contribution in [2.75, 3.05) is 6.61 Å². The number of nitrogens with one attached hydrogen (secondary N) is 1. The maximum atomic E-state index is 12.5. The van der Waals surface area contributed by atoms with E-state index in [1.165, 1.54) is 0 Å². The van der Waals surface area contributed by atoms with E-state index in [1.807, 2.05) is 6.07 Å². The Morgan fingerprint density at radius 2 is 1.87 bits per heavy atom. The molecular formula is C17H13Cl2NO3. The number of carbonyl (C=O) groups excluding carboxylic acids is 2. The molecule has 0 spiro atoms. The molecule has 23 heavy (non-hydrogen) atoms. The van der Waals surface area contributed by atoms with Gasteiger partial charge in [-0.25, -0.2) is 4.79 Å². The number of rotatable bonds is 1. The highest BCUT2D eigenvalue weighted by Gasteiger charge is 2.42. The molecule has 1 aliphatic carbocycles. The van der Waals surface area contributed by atoms with Crippen LogP contribution in [0.15, 0.2) is 40.7 Å². The predicted octanol–water partition coefficient (Wildman–Crippen LogP) is 3.50. The summed E-state index contributed by atoms with van der Waals surface area (Å²) < 4.78 is 5.17. The van der Waals surface area contributed by atoms with Gasteiger partial charge in [0.25, 0.3) is 0 Å². The minimum Gasteiger partial charge on any atom is -0.456 e. The quantitative estimate of drug-likeness (QED) is 0.788. The van der Waals surface area contributed by atoms with Gasteiger partial charge in [0.1, 0.15) is 6.61 Å². The van der Waals surface area contributed by atoms with E-state index in [0.717, 1.165) is 29.8 Å². The second-order valence-electron chi connectivity index (χ2n) is 5.87. The minimum absolute atomic E-state index is 0.0704. The fourth-order valence-corrected chi connectivity index (χ4v) is 3.80. The van der Waals surface area contributed by atoms with E-state index in [-0.39, 0.29) is 18.4 Å². The molecule has 1 atom stereocenters. The van der Waals surface area contributed by atoms with Crippen LogP contribution >= 0.6 is 23.2 Å². The highest BCUT2D eigenvalue weighted by Crippen LogP contribution is 2.45. The highest BCUT2D eigenvalue weighted by atomic mass is 35.5. The molecule has 4 nitrogen and oxygen atoms in total. The Kier molecular flexibility index (Phi) is 3.47. The summed E-state index contributed by atoms with van der Waals surface area (Å²) in [7, 11) is 0. The number of carbonyl (C=O) groups is 2. The molecule has 6 heteroatoms. The Labute approximate surface area is 143 Å². The molecule has 0 saturated carbocycles. The van der Waals surface area contributed by atoms with Gasteiger partial charge >= 0.3 is 5.97 Å². The van der Waals surface area contributed by atoms with Crippen LogP contribution in [0.4, 0.5) is 0 Å². The monoisotopic (exact) mass is 349 g/mol. The summed E-state index contributed by atoms with van der Waals surface area (Å²) in [6.07, 6.45) is 2.11. The van der Waals surface area contributed by atoms with Crippen LogP contribution in [0.1, 0.15) is 30.7 Å². The Hall–Kier alpha value is -1.78. The maximum Gasteiger partial charge on any atom is 0.337 e. The summed E-state index contributed by atoms with van der Waals surface area (Å²) in [6, 6.07) is 5.23. The molecule has 3 aliphatic rings. The number of esters is 1. The summed E-state index contributed by atoms with van der Waals surface area (Å²) in [5.41, 5.74) is 3.61. The fourth-order valence-electron chi connectivity index (χ4n) is 3.49. The van der Waals surface area contributed by atoms with E-state index in [0.29, 0.717) is 27.6 Å². The molecule has 1 aromatic carbocycles. The maximum absolute atomic E-state index is 12.5. The predicted molar refractivity (Wildman–Crippen MR) is 86.2 cm³/mol. The van der Waals surface area contributed by atoms with Crippen molar-refractivity contribution in [3.63, 3.8) is 0 Å². The lowest BCUT2D eigenvalue weighted by atomic mass is 9.75. The van der Waals surface area contributed by atoms with Crippen molar-refractivity contribution in [3.05, 3.63) is 56.3 Å². The van der Waals surface area contributed by atoms with Crippen molar-refractivity contribution in [2.24, 2.45) is 0 Å². The van der Waals surface area contributed by atoms with Crippen LogP contribution in [0, 0.1) is 0 Å². The third-order valence-electron chi connectivity index (χ3n) is 4.50. The molecule has 0 aromatic heterocycles. The number of halogens is 2. The van der Waals surface area contributed by atoms with Gasteiger partial charge in [0, 0.05) is 23.6 Å². The molecule has 2 heterocycles. The smallest absolute Gasteiger partial charge is 0.337 e. The van der Waals surface area contributed by atoms with Gasteiger partial charge in [-0.3, -0.25) is 4.79 Å². The van der Waals surface area contributed by atoms with Crippen molar-refractivity contribution < 1.29 is 14.3 Å². The lowest BCUT2D eigenvalue weighted by Crippen LogP contribution is -2.32. The van der Waals surface area contributed by atoms with E-state index >= 15 is 0 Å². The number of cyclic esters (lactones) is 1. The Balaban J connectivity index is 1.91. The zero-order valence-electron chi connectivity index (χ0n) is 12.1. The van der Waals surface area contributed by atoms with Crippen molar-refractivity contribution in [3.8, 4) is 0 Å². The first-order chi connectivity index (χ1) is 11.1. The highest BCUT2D eigenvalue weighted by molar-refractivity contribution is 6.42. The standard InChI is InChI=1S/C17H13Cl2NO3/c18-9-5-4-8(6-10(9)19)14-15-11(2-1-3-13(15)21)20-12-7-23-17(22)16(12)14/h4-6,14,20H,1-3,7H2/t14-/m1/s1. The van der Waals surface area contributed by atoms with Crippen molar-refractivity contribution in [1.29, 1.82) is 0 Å². The Morgan fingerprint density at radius 1 is 1.04 bits per heavy atom. The van der Waals surface area contributed by atoms with Gasteiger partial charge in [0.15, 0.2) is 5.78 Å². The molecule has 2 aliphatic heterocycles. The lowest BCUT2D eigenvalue weighted by molar-refractivity contribution is -0.136. The number of hydrogen-bond acceptors (Lipinski definition) is 4. The first-order valence-electron chi connectivity index (χ1n) is 7.44. The van der Waals surface area contributed by atoms with Gasteiger partial charge in [-0.1, -0.05) is 29.3 Å². The summed E-state index contributed by atoms with van der Waals surface area (Å²) in [5, 5.41) is 4.08. The number of dihydropyridines is 1. The van der Waals surface area contributed by atoms with Gasteiger partial charge < -0.3 is 10.1 Å². The molecule has 1 aromatic rings. The SMILES string of the molecule is O=C1CCCC2=C1[C@@H](c1ccc(Cl)c(Cl)c1)C1=C(COC1=O)N2. The first kappa shape index (κ1) is 14.8. The number of allylic oxidation sites excluding steroid dienone is 2. The third-order valence-corrected chi connectivity index (χ3v) is 5.24. The molecule has 4 rings (SSSR count). The molecule has 118 valence electrons. The average Bonchev–Trinajstić information content (AvgIpc) is 2.90. The van der Waals surface area contributed by atoms with Crippen LogP contribution in [0.3, 0.4) is 0 Å². The van der Waals surface area contributed by atoms with Gasteiger partial charge in [-0.15, -0.1) is 0 Å². The minimum atomic E-state index is -0.432. The second kappa shape index (κ2) is 5.39. The molecular weight excluding hydrogens is 337 g/mol. The van der Waals surface area contributed by atoms with E-state index in [9.17, 15) is 9.59 Å².